The Morgan fingerprint density at radius 3 is 2.61 bits per heavy atom. The van der Waals surface area contributed by atoms with Gasteiger partial charge in [-0.1, -0.05) is 0 Å². The third-order valence-corrected chi connectivity index (χ3v) is 3.38. The van der Waals surface area contributed by atoms with E-state index in [1.165, 1.54) is 18.4 Å². The first-order valence-corrected chi connectivity index (χ1v) is 6.26. The van der Waals surface area contributed by atoms with E-state index >= 15 is 0 Å². The monoisotopic (exact) mass is 263 g/mol. The van der Waals surface area contributed by atoms with Gasteiger partial charge in [-0.3, -0.25) is 4.79 Å². The van der Waals surface area contributed by atoms with Gasteiger partial charge in [-0.2, -0.15) is 0 Å². The minimum Gasteiger partial charge on any atom is -0.497 e. The first-order valence-electron chi connectivity index (χ1n) is 5.38. The molecule has 0 unspecified atom stereocenters. The van der Waals surface area contributed by atoms with Gasteiger partial charge in [0, 0.05) is 10.9 Å². The predicted molar refractivity (Wildman–Crippen MR) is 69.8 cm³/mol. The molecule has 18 heavy (non-hydrogen) atoms. The molecule has 5 heteroatoms. The minimum atomic E-state index is -0.276. The number of rotatable bonds is 4. The molecular formula is C13H13NO3S. The maximum Gasteiger partial charge on any atom is 0.311 e. The van der Waals surface area contributed by atoms with Gasteiger partial charge in [0.1, 0.15) is 10.8 Å². The van der Waals surface area contributed by atoms with Crippen molar-refractivity contribution >= 4 is 17.3 Å². The summed E-state index contributed by atoms with van der Waals surface area (Å²) in [5.41, 5.74) is 1.74. The van der Waals surface area contributed by atoms with E-state index < -0.39 is 0 Å². The number of carbonyl (C=O) groups excluding carboxylic acids is 1. The lowest BCUT2D eigenvalue weighted by molar-refractivity contribution is -0.139. The number of thiazole rings is 1. The maximum atomic E-state index is 11.1. The van der Waals surface area contributed by atoms with Crippen LogP contribution in [0, 0.1) is 0 Å². The zero-order valence-electron chi connectivity index (χ0n) is 10.2. The van der Waals surface area contributed by atoms with Crippen LogP contribution < -0.4 is 4.74 Å². The molecule has 0 amide bonds. The molecule has 1 aromatic carbocycles. The molecule has 0 saturated carbocycles. The Hall–Kier alpha value is -1.88. The molecule has 4 nitrogen and oxygen atoms in total. The summed E-state index contributed by atoms with van der Waals surface area (Å²) in [4.78, 5) is 15.5. The Bertz CT molecular complexity index is 533. The van der Waals surface area contributed by atoms with Crippen LogP contribution in [-0.4, -0.2) is 25.2 Å². The van der Waals surface area contributed by atoms with E-state index in [1.807, 2.05) is 29.6 Å². The number of methoxy groups -OCH3 is 2. The molecule has 0 radical (unpaired) electrons. The van der Waals surface area contributed by atoms with Crippen LogP contribution in [0.4, 0.5) is 0 Å². The van der Waals surface area contributed by atoms with E-state index in [0.717, 1.165) is 22.0 Å². The second kappa shape index (κ2) is 5.64. The van der Waals surface area contributed by atoms with Gasteiger partial charge in [0.05, 0.1) is 26.3 Å². The van der Waals surface area contributed by atoms with Crippen LogP contribution in [0.15, 0.2) is 29.6 Å². The van der Waals surface area contributed by atoms with Crippen molar-refractivity contribution in [3.8, 4) is 16.3 Å². The van der Waals surface area contributed by atoms with E-state index in [1.54, 1.807) is 7.11 Å². The molecule has 0 bridgehead atoms. The largest absolute Gasteiger partial charge is 0.497 e. The second-order valence-corrected chi connectivity index (χ2v) is 4.48. The molecule has 1 aromatic heterocycles. The molecule has 0 N–H and O–H groups in total. The van der Waals surface area contributed by atoms with E-state index in [-0.39, 0.29) is 12.4 Å². The topological polar surface area (TPSA) is 48.4 Å². The maximum absolute atomic E-state index is 11.1. The SMILES string of the molecule is COC(=O)Cc1csc(-c2ccc(OC)cc2)n1. The Labute approximate surface area is 109 Å². The highest BCUT2D eigenvalue weighted by Gasteiger charge is 2.08. The summed E-state index contributed by atoms with van der Waals surface area (Å²) in [6, 6.07) is 7.66. The number of carbonyl (C=O) groups is 1. The fraction of sp³-hybridized carbons (Fsp3) is 0.231. The van der Waals surface area contributed by atoms with E-state index in [9.17, 15) is 4.79 Å². The third-order valence-electron chi connectivity index (χ3n) is 2.44. The molecule has 0 fully saturated rings. The van der Waals surface area contributed by atoms with E-state index in [4.69, 9.17) is 4.74 Å². The summed E-state index contributed by atoms with van der Waals surface area (Å²) in [7, 11) is 3.01. The number of hydrogen-bond donors (Lipinski definition) is 0. The number of benzene rings is 1. The molecule has 0 aliphatic heterocycles. The van der Waals surface area contributed by atoms with Crippen LogP contribution >= 0.6 is 11.3 Å². The van der Waals surface area contributed by atoms with Crippen LogP contribution in [0.5, 0.6) is 5.75 Å². The van der Waals surface area contributed by atoms with E-state index in [2.05, 4.69) is 9.72 Å². The number of hydrogen-bond acceptors (Lipinski definition) is 5. The van der Waals surface area contributed by atoms with Gasteiger partial charge in [0.15, 0.2) is 0 Å². The highest BCUT2D eigenvalue weighted by Crippen LogP contribution is 2.25. The van der Waals surface area contributed by atoms with Gasteiger partial charge < -0.3 is 9.47 Å². The molecule has 0 aliphatic rings. The van der Waals surface area contributed by atoms with Gasteiger partial charge in [-0.05, 0) is 24.3 Å². The Morgan fingerprint density at radius 2 is 2.00 bits per heavy atom. The lowest BCUT2D eigenvalue weighted by Gasteiger charge is -2.00. The smallest absolute Gasteiger partial charge is 0.311 e. The van der Waals surface area contributed by atoms with Crippen LogP contribution in [-0.2, 0) is 16.0 Å². The standard InChI is InChI=1S/C13H13NO3S/c1-16-11-5-3-9(4-6-11)13-14-10(8-18-13)7-12(15)17-2/h3-6,8H,7H2,1-2H3. The van der Waals surface area contributed by atoms with Crippen molar-refractivity contribution in [1.82, 2.24) is 4.98 Å². The zero-order valence-corrected chi connectivity index (χ0v) is 11.0. The number of aromatic nitrogens is 1. The third kappa shape index (κ3) is 2.87. The highest BCUT2D eigenvalue weighted by atomic mass is 32.1. The fourth-order valence-corrected chi connectivity index (χ4v) is 2.30. The summed E-state index contributed by atoms with van der Waals surface area (Å²) >= 11 is 1.51. The number of nitrogens with zero attached hydrogens (tertiary/aromatic N) is 1. The summed E-state index contributed by atoms with van der Waals surface area (Å²) in [6.45, 7) is 0. The molecule has 0 spiro atoms. The van der Waals surface area contributed by atoms with Gasteiger partial charge in [-0.15, -0.1) is 11.3 Å². The zero-order chi connectivity index (χ0) is 13.0. The molecule has 0 saturated heterocycles. The lowest BCUT2D eigenvalue weighted by atomic mass is 10.2. The Balaban J connectivity index is 2.15. The minimum absolute atomic E-state index is 0.211. The molecule has 0 atom stereocenters. The fourth-order valence-electron chi connectivity index (χ4n) is 1.47. The lowest BCUT2D eigenvalue weighted by Crippen LogP contribution is -2.04. The van der Waals surface area contributed by atoms with Crippen molar-refractivity contribution in [2.24, 2.45) is 0 Å². The Kier molecular flexibility index (Phi) is 3.94. The molecule has 2 rings (SSSR count). The highest BCUT2D eigenvalue weighted by molar-refractivity contribution is 7.13. The summed E-state index contributed by atoms with van der Waals surface area (Å²) in [6.07, 6.45) is 0.211. The van der Waals surface area contributed by atoms with Crippen LogP contribution in [0.25, 0.3) is 10.6 Å². The van der Waals surface area contributed by atoms with Crippen LogP contribution in [0.3, 0.4) is 0 Å². The normalized spacial score (nSPS) is 10.1. The molecule has 0 aliphatic carbocycles. The van der Waals surface area contributed by atoms with Crippen molar-refractivity contribution in [3.05, 3.63) is 35.3 Å². The van der Waals surface area contributed by atoms with Gasteiger partial charge in [0.25, 0.3) is 0 Å². The predicted octanol–water partition coefficient (Wildman–Crippen LogP) is 2.53. The summed E-state index contributed by atoms with van der Waals surface area (Å²) < 4.78 is 9.71. The number of ether oxygens (including phenoxy) is 2. The molecule has 94 valence electrons. The first-order chi connectivity index (χ1) is 8.72. The quantitative estimate of drug-likeness (QED) is 0.795. The van der Waals surface area contributed by atoms with Gasteiger partial charge in [0.2, 0.25) is 0 Å². The van der Waals surface area contributed by atoms with Crippen molar-refractivity contribution < 1.29 is 14.3 Å². The van der Waals surface area contributed by atoms with Crippen molar-refractivity contribution in [1.29, 1.82) is 0 Å². The molecule has 1 heterocycles. The Morgan fingerprint density at radius 1 is 1.28 bits per heavy atom. The average Bonchev–Trinajstić information content (AvgIpc) is 2.87. The summed E-state index contributed by atoms with van der Waals surface area (Å²) in [5.74, 6) is 0.534. The molecule has 2 aromatic rings. The summed E-state index contributed by atoms with van der Waals surface area (Å²) in [5, 5.41) is 2.76. The molecular weight excluding hydrogens is 250 g/mol. The van der Waals surface area contributed by atoms with Crippen LogP contribution in [0.2, 0.25) is 0 Å². The van der Waals surface area contributed by atoms with Crippen molar-refractivity contribution in [2.45, 2.75) is 6.42 Å². The van der Waals surface area contributed by atoms with Crippen LogP contribution in [0.1, 0.15) is 5.69 Å². The second-order valence-electron chi connectivity index (χ2n) is 3.63. The van der Waals surface area contributed by atoms with Crippen molar-refractivity contribution in [2.75, 3.05) is 14.2 Å². The van der Waals surface area contributed by atoms with Gasteiger partial charge >= 0.3 is 5.97 Å². The van der Waals surface area contributed by atoms with Crippen molar-refractivity contribution in [3.63, 3.8) is 0 Å². The average molecular weight is 263 g/mol. The number of esters is 1. The van der Waals surface area contributed by atoms with Gasteiger partial charge in [-0.25, -0.2) is 4.98 Å². The van der Waals surface area contributed by atoms with E-state index in [0.29, 0.717) is 0 Å². The first kappa shape index (κ1) is 12.6.